The zero-order valence-corrected chi connectivity index (χ0v) is 13.7. The van der Waals surface area contributed by atoms with Gasteiger partial charge in [0.15, 0.2) is 0 Å². The lowest BCUT2D eigenvalue weighted by molar-refractivity contribution is -0.138. The Bertz CT molecular complexity index is 714. The van der Waals surface area contributed by atoms with Crippen molar-refractivity contribution in [3.8, 4) is 0 Å². The Morgan fingerprint density at radius 3 is 2.82 bits per heavy atom. The van der Waals surface area contributed by atoms with Gasteiger partial charge in [-0.1, -0.05) is 39.0 Å². The number of carboxylic acid groups (broad SMARTS) is 1. The van der Waals surface area contributed by atoms with E-state index in [1.807, 2.05) is 0 Å². The van der Waals surface area contributed by atoms with Gasteiger partial charge in [-0.25, -0.2) is 0 Å². The monoisotopic (exact) mass is 299 g/mol. The number of carbonyl (C=O) groups is 1. The van der Waals surface area contributed by atoms with Gasteiger partial charge in [-0.3, -0.25) is 4.79 Å². The number of hydrogen-bond donors (Lipinski definition) is 2. The van der Waals surface area contributed by atoms with Crippen LogP contribution in [-0.2, 0) is 16.6 Å². The Morgan fingerprint density at radius 1 is 1.41 bits per heavy atom. The van der Waals surface area contributed by atoms with Crippen LogP contribution in [0.2, 0.25) is 0 Å². The van der Waals surface area contributed by atoms with E-state index in [2.05, 4.69) is 44.0 Å². The molecule has 2 N–H and O–H groups in total. The number of aliphatic carboxylic acids is 1. The van der Waals surface area contributed by atoms with Gasteiger partial charge in [-0.2, -0.15) is 0 Å². The normalized spacial score (nSPS) is 21.3. The van der Waals surface area contributed by atoms with Gasteiger partial charge >= 0.3 is 5.97 Å². The molecular weight excluding hydrogens is 274 g/mol. The molecule has 0 fully saturated rings. The maximum Gasteiger partial charge on any atom is 0.304 e. The lowest BCUT2D eigenvalue weighted by Gasteiger charge is -2.35. The summed E-state index contributed by atoms with van der Waals surface area (Å²) in [5.41, 5.74) is 4.85. The molecule has 118 valence electrons. The quantitative estimate of drug-likeness (QED) is 0.856. The topological polar surface area (TPSA) is 53.1 Å². The van der Waals surface area contributed by atoms with E-state index in [9.17, 15) is 9.90 Å². The first-order valence-electron chi connectivity index (χ1n) is 8.34. The third-order valence-corrected chi connectivity index (χ3v) is 5.37. The lowest BCUT2D eigenvalue weighted by atomic mass is 9.69. The molecule has 0 amide bonds. The van der Waals surface area contributed by atoms with E-state index in [0.29, 0.717) is 5.92 Å². The van der Waals surface area contributed by atoms with Crippen molar-refractivity contribution in [1.29, 1.82) is 0 Å². The van der Waals surface area contributed by atoms with E-state index in [1.165, 1.54) is 27.7 Å². The van der Waals surface area contributed by atoms with E-state index in [1.54, 1.807) is 0 Å². The number of aryl methyl sites for hydroxylation is 1. The molecule has 0 radical (unpaired) electrons. The molecule has 1 aromatic carbocycles. The van der Waals surface area contributed by atoms with Gasteiger partial charge in [0, 0.05) is 22.0 Å². The second-order valence-corrected chi connectivity index (χ2v) is 6.96. The van der Waals surface area contributed by atoms with Crippen molar-refractivity contribution in [1.82, 2.24) is 4.98 Å². The highest BCUT2D eigenvalue weighted by Crippen LogP contribution is 2.45. The number of carboxylic acids is 1. The molecule has 3 rings (SSSR count). The standard InChI is InChI=1S/C19H25NO2/c1-4-19(11-16(21)22)10-6-9-15-14-8-5-7-13(12(2)3)17(14)20-18(15)19/h5,7-8,12,20H,4,6,9-11H2,1-3H3,(H,21,22). The Morgan fingerprint density at radius 2 is 2.18 bits per heavy atom. The molecule has 1 heterocycles. The molecule has 0 bridgehead atoms. The van der Waals surface area contributed by atoms with Gasteiger partial charge in [0.05, 0.1) is 6.42 Å². The number of nitrogens with one attached hydrogen (secondary N) is 1. The zero-order valence-electron chi connectivity index (χ0n) is 13.7. The minimum atomic E-state index is -0.697. The Hall–Kier alpha value is -1.77. The summed E-state index contributed by atoms with van der Waals surface area (Å²) in [6.45, 7) is 6.53. The highest BCUT2D eigenvalue weighted by Gasteiger charge is 2.39. The number of aromatic nitrogens is 1. The van der Waals surface area contributed by atoms with E-state index < -0.39 is 5.97 Å². The van der Waals surface area contributed by atoms with Gasteiger partial charge in [0.25, 0.3) is 0 Å². The van der Waals surface area contributed by atoms with Crippen LogP contribution in [0.5, 0.6) is 0 Å². The number of aromatic amines is 1. The largest absolute Gasteiger partial charge is 0.481 e. The lowest BCUT2D eigenvalue weighted by Crippen LogP contribution is -2.33. The average Bonchev–Trinajstić information content (AvgIpc) is 2.86. The van der Waals surface area contributed by atoms with Crippen molar-refractivity contribution >= 4 is 16.9 Å². The molecule has 0 aliphatic heterocycles. The SMILES string of the molecule is CCC1(CC(=O)O)CCCc2c1[nH]c1c(C(C)C)cccc21. The summed E-state index contributed by atoms with van der Waals surface area (Å²) >= 11 is 0. The summed E-state index contributed by atoms with van der Waals surface area (Å²) in [7, 11) is 0. The summed E-state index contributed by atoms with van der Waals surface area (Å²) in [4.78, 5) is 15.1. The first-order valence-corrected chi connectivity index (χ1v) is 8.34. The molecule has 2 aromatic rings. The maximum absolute atomic E-state index is 11.4. The van der Waals surface area contributed by atoms with Crippen molar-refractivity contribution in [2.45, 2.75) is 64.2 Å². The second kappa shape index (κ2) is 5.45. The van der Waals surface area contributed by atoms with Crippen molar-refractivity contribution in [3.05, 3.63) is 35.0 Å². The summed E-state index contributed by atoms with van der Waals surface area (Å²) in [5, 5.41) is 10.7. The molecule has 1 aromatic heterocycles. The first kappa shape index (κ1) is 15.1. The van der Waals surface area contributed by atoms with Crippen molar-refractivity contribution in [2.75, 3.05) is 0 Å². The predicted octanol–water partition coefficient (Wildman–Crippen LogP) is 4.75. The number of para-hydroxylation sites is 1. The molecule has 0 saturated carbocycles. The highest BCUT2D eigenvalue weighted by molar-refractivity contribution is 5.89. The minimum absolute atomic E-state index is 0.223. The number of rotatable bonds is 4. The maximum atomic E-state index is 11.4. The van der Waals surface area contributed by atoms with E-state index in [0.717, 1.165) is 25.7 Å². The number of H-pyrrole nitrogens is 1. The van der Waals surface area contributed by atoms with Crippen LogP contribution in [0.25, 0.3) is 10.9 Å². The molecule has 1 aliphatic carbocycles. The molecule has 0 saturated heterocycles. The third-order valence-electron chi connectivity index (χ3n) is 5.37. The van der Waals surface area contributed by atoms with Gasteiger partial charge in [-0.15, -0.1) is 0 Å². The van der Waals surface area contributed by atoms with Crippen molar-refractivity contribution in [3.63, 3.8) is 0 Å². The second-order valence-electron chi connectivity index (χ2n) is 6.96. The van der Waals surface area contributed by atoms with Crippen LogP contribution in [0.3, 0.4) is 0 Å². The van der Waals surface area contributed by atoms with Crippen LogP contribution in [-0.4, -0.2) is 16.1 Å². The predicted molar refractivity (Wildman–Crippen MR) is 89.5 cm³/mol. The van der Waals surface area contributed by atoms with Gasteiger partial charge < -0.3 is 10.1 Å². The van der Waals surface area contributed by atoms with Crippen molar-refractivity contribution < 1.29 is 9.90 Å². The van der Waals surface area contributed by atoms with Gasteiger partial charge in [0.2, 0.25) is 0 Å². The fourth-order valence-electron chi connectivity index (χ4n) is 4.16. The molecule has 22 heavy (non-hydrogen) atoms. The summed E-state index contributed by atoms with van der Waals surface area (Å²) in [6.07, 6.45) is 4.19. The molecule has 3 nitrogen and oxygen atoms in total. The fourth-order valence-corrected chi connectivity index (χ4v) is 4.16. The fraction of sp³-hybridized carbons (Fsp3) is 0.526. The van der Waals surface area contributed by atoms with Gasteiger partial charge in [0.1, 0.15) is 0 Å². The number of fused-ring (bicyclic) bond motifs is 3. The average molecular weight is 299 g/mol. The summed E-state index contributed by atoms with van der Waals surface area (Å²) in [6, 6.07) is 6.49. The first-order chi connectivity index (χ1) is 10.5. The van der Waals surface area contributed by atoms with Crippen LogP contribution in [0.15, 0.2) is 18.2 Å². The van der Waals surface area contributed by atoms with Crippen molar-refractivity contribution in [2.24, 2.45) is 0 Å². The van der Waals surface area contributed by atoms with E-state index in [-0.39, 0.29) is 11.8 Å². The third kappa shape index (κ3) is 2.23. The van der Waals surface area contributed by atoms with Crippen LogP contribution < -0.4 is 0 Å². The smallest absolute Gasteiger partial charge is 0.304 e. The van der Waals surface area contributed by atoms with Gasteiger partial charge in [-0.05, 0) is 42.7 Å². The highest BCUT2D eigenvalue weighted by atomic mass is 16.4. The molecule has 0 spiro atoms. The number of hydrogen-bond acceptors (Lipinski definition) is 1. The Labute approximate surface area is 131 Å². The number of benzene rings is 1. The zero-order chi connectivity index (χ0) is 15.9. The molecular formula is C19H25NO2. The summed E-state index contributed by atoms with van der Waals surface area (Å²) < 4.78 is 0. The van der Waals surface area contributed by atoms with Crippen LogP contribution in [0.4, 0.5) is 0 Å². The van der Waals surface area contributed by atoms with E-state index in [4.69, 9.17) is 0 Å². The minimum Gasteiger partial charge on any atom is -0.481 e. The molecule has 1 atom stereocenters. The van der Waals surface area contributed by atoms with E-state index >= 15 is 0 Å². The van der Waals surface area contributed by atoms with Crippen LogP contribution in [0.1, 0.15) is 69.2 Å². The Kier molecular flexibility index (Phi) is 3.75. The summed E-state index contributed by atoms with van der Waals surface area (Å²) in [5.74, 6) is -0.239. The molecule has 1 unspecified atom stereocenters. The molecule has 1 aliphatic rings. The molecule has 3 heteroatoms. The Balaban J connectivity index is 2.25. The van der Waals surface area contributed by atoms with Crippen LogP contribution in [0, 0.1) is 0 Å². The van der Waals surface area contributed by atoms with Crippen LogP contribution >= 0.6 is 0 Å².